The van der Waals surface area contributed by atoms with Gasteiger partial charge in [-0.15, -0.1) is 0 Å². The average molecular weight is 289 g/mol. The van der Waals surface area contributed by atoms with Gasteiger partial charge < -0.3 is 10.2 Å². The molecular weight excluding hydrogens is 262 g/mol. The predicted octanol–water partition coefficient (Wildman–Crippen LogP) is 3.55. The van der Waals surface area contributed by atoms with Crippen LogP contribution in [0.4, 0.5) is 5.82 Å². The van der Waals surface area contributed by atoms with Crippen LogP contribution in [0.5, 0.6) is 0 Å². The number of nitrogens with one attached hydrogen (secondary N) is 1. The number of nitrogens with zero attached hydrogens (tertiary/aromatic N) is 2. The van der Waals surface area contributed by atoms with E-state index in [2.05, 4.69) is 17.2 Å². The molecule has 4 heteroatoms. The third-order valence-corrected chi connectivity index (χ3v) is 4.31. The molecule has 0 saturated heterocycles. The summed E-state index contributed by atoms with van der Waals surface area (Å²) in [7, 11) is 3.51. The average Bonchev–Trinajstić information content (AvgIpc) is 2.49. The van der Waals surface area contributed by atoms with E-state index < -0.39 is 0 Å². The molecule has 21 heavy (non-hydrogen) atoms. The molecule has 116 valence electrons. The quantitative estimate of drug-likeness (QED) is 0.901. The zero-order valence-corrected chi connectivity index (χ0v) is 13.4. The monoisotopic (exact) mass is 289 g/mol. The molecule has 1 heterocycles. The smallest absolute Gasteiger partial charge is 0.254 e. The Bertz CT molecular complexity index is 448. The van der Waals surface area contributed by atoms with Gasteiger partial charge in [0.1, 0.15) is 5.82 Å². The van der Waals surface area contributed by atoms with Gasteiger partial charge in [-0.1, -0.05) is 19.8 Å². The zero-order chi connectivity index (χ0) is 15.2. The Balaban J connectivity index is 1.85. The Hall–Kier alpha value is -1.58. The maximum absolute atomic E-state index is 11.8. The molecule has 0 aromatic carbocycles. The molecule has 1 aliphatic carbocycles. The summed E-state index contributed by atoms with van der Waals surface area (Å²) in [6.07, 6.45) is 9.42. The Morgan fingerprint density at radius 3 is 2.52 bits per heavy atom. The van der Waals surface area contributed by atoms with Crippen molar-refractivity contribution in [1.82, 2.24) is 9.88 Å². The second kappa shape index (κ2) is 7.43. The van der Waals surface area contributed by atoms with Crippen LogP contribution in [0.2, 0.25) is 0 Å². The Labute approximate surface area is 127 Å². The summed E-state index contributed by atoms with van der Waals surface area (Å²) in [6, 6.07) is 4.29. The molecule has 1 aromatic heterocycles. The molecule has 0 unspecified atom stereocenters. The van der Waals surface area contributed by atoms with Crippen molar-refractivity contribution in [1.29, 1.82) is 0 Å². The SMILES string of the molecule is CCCC1CCC(Nc2ccc(C(=O)N(C)C)cn2)CC1. The number of rotatable bonds is 5. The lowest BCUT2D eigenvalue weighted by Gasteiger charge is -2.29. The van der Waals surface area contributed by atoms with E-state index in [4.69, 9.17) is 0 Å². The summed E-state index contributed by atoms with van der Waals surface area (Å²) in [6.45, 7) is 2.27. The van der Waals surface area contributed by atoms with E-state index >= 15 is 0 Å². The Morgan fingerprint density at radius 2 is 2.00 bits per heavy atom. The fourth-order valence-corrected chi connectivity index (χ4v) is 3.08. The van der Waals surface area contributed by atoms with Crippen molar-refractivity contribution in [3.8, 4) is 0 Å². The number of hydrogen-bond donors (Lipinski definition) is 1. The number of hydrogen-bond acceptors (Lipinski definition) is 3. The van der Waals surface area contributed by atoms with Crippen LogP contribution < -0.4 is 5.32 Å². The van der Waals surface area contributed by atoms with Gasteiger partial charge in [-0.2, -0.15) is 0 Å². The fourth-order valence-electron chi connectivity index (χ4n) is 3.08. The van der Waals surface area contributed by atoms with E-state index in [1.165, 1.54) is 38.5 Å². The van der Waals surface area contributed by atoms with Crippen molar-refractivity contribution < 1.29 is 4.79 Å². The molecule has 1 aliphatic rings. The number of carbonyl (C=O) groups is 1. The van der Waals surface area contributed by atoms with E-state index in [-0.39, 0.29) is 5.91 Å². The maximum atomic E-state index is 11.8. The van der Waals surface area contributed by atoms with E-state index in [1.807, 2.05) is 12.1 Å². The van der Waals surface area contributed by atoms with E-state index in [0.717, 1.165) is 11.7 Å². The summed E-state index contributed by atoms with van der Waals surface area (Å²) in [4.78, 5) is 17.8. The maximum Gasteiger partial charge on any atom is 0.254 e. The lowest BCUT2D eigenvalue weighted by Crippen LogP contribution is -2.26. The molecule has 1 amide bonds. The van der Waals surface area contributed by atoms with Crippen LogP contribution in [-0.2, 0) is 0 Å². The van der Waals surface area contributed by atoms with Gasteiger partial charge in [-0.25, -0.2) is 4.98 Å². The number of carbonyl (C=O) groups excluding carboxylic acids is 1. The van der Waals surface area contributed by atoms with Crippen molar-refractivity contribution in [2.45, 2.75) is 51.5 Å². The molecule has 0 atom stereocenters. The van der Waals surface area contributed by atoms with Gasteiger partial charge >= 0.3 is 0 Å². The van der Waals surface area contributed by atoms with Crippen LogP contribution in [-0.4, -0.2) is 35.9 Å². The van der Waals surface area contributed by atoms with E-state index in [0.29, 0.717) is 11.6 Å². The van der Waals surface area contributed by atoms with Crippen molar-refractivity contribution in [2.75, 3.05) is 19.4 Å². The van der Waals surface area contributed by atoms with Crippen molar-refractivity contribution in [3.05, 3.63) is 23.9 Å². The number of anilines is 1. The predicted molar refractivity (Wildman–Crippen MR) is 86.5 cm³/mol. The summed E-state index contributed by atoms with van der Waals surface area (Å²) >= 11 is 0. The summed E-state index contributed by atoms with van der Waals surface area (Å²) in [5.41, 5.74) is 0.636. The molecule has 1 fully saturated rings. The summed E-state index contributed by atoms with van der Waals surface area (Å²) in [5, 5.41) is 3.50. The zero-order valence-electron chi connectivity index (χ0n) is 13.4. The van der Waals surface area contributed by atoms with Gasteiger partial charge in [-0.3, -0.25) is 4.79 Å². The van der Waals surface area contributed by atoms with Crippen LogP contribution in [0.1, 0.15) is 55.8 Å². The van der Waals surface area contributed by atoms with E-state index in [9.17, 15) is 4.79 Å². The molecule has 1 saturated carbocycles. The molecule has 1 aromatic rings. The standard InChI is InChI=1S/C17H27N3O/c1-4-5-13-6-9-15(10-7-13)19-16-11-8-14(12-18-16)17(21)20(2)3/h8,11-13,15H,4-7,9-10H2,1-3H3,(H,18,19). The molecule has 2 rings (SSSR count). The van der Waals surface area contributed by atoms with Crippen LogP contribution in [0, 0.1) is 5.92 Å². The lowest BCUT2D eigenvalue weighted by molar-refractivity contribution is 0.0827. The van der Waals surface area contributed by atoms with Crippen LogP contribution in [0.3, 0.4) is 0 Å². The van der Waals surface area contributed by atoms with Gasteiger partial charge in [0, 0.05) is 26.3 Å². The highest BCUT2D eigenvalue weighted by Gasteiger charge is 2.20. The first kappa shape index (κ1) is 15.8. The number of pyridine rings is 1. The minimum Gasteiger partial charge on any atom is -0.367 e. The molecule has 4 nitrogen and oxygen atoms in total. The molecular formula is C17H27N3O. The highest BCUT2D eigenvalue weighted by Crippen LogP contribution is 2.29. The third-order valence-electron chi connectivity index (χ3n) is 4.31. The fraction of sp³-hybridized carbons (Fsp3) is 0.647. The largest absolute Gasteiger partial charge is 0.367 e. The van der Waals surface area contributed by atoms with Gasteiger partial charge in [0.05, 0.1) is 5.56 Å². The van der Waals surface area contributed by atoms with Crippen LogP contribution in [0.25, 0.3) is 0 Å². The first-order chi connectivity index (χ1) is 10.1. The van der Waals surface area contributed by atoms with Crippen LogP contribution >= 0.6 is 0 Å². The van der Waals surface area contributed by atoms with Crippen molar-refractivity contribution in [3.63, 3.8) is 0 Å². The first-order valence-corrected chi connectivity index (χ1v) is 8.04. The highest BCUT2D eigenvalue weighted by atomic mass is 16.2. The van der Waals surface area contributed by atoms with Gasteiger partial charge in [-0.05, 0) is 43.7 Å². The van der Waals surface area contributed by atoms with Gasteiger partial charge in [0.2, 0.25) is 0 Å². The summed E-state index contributed by atoms with van der Waals surface area (Å²) < 4.78 is 0. The summed E-state index contributed by atoms with van der Waals surface area (Å²) in [5.74, 6) is 1.79. The first-order valence-electron chi connectivity index (χ1n) is 8.04. The molecule has 0 spiro atoms. The minimum atomic E-state index is -0.00544. The molecule has 0 bridgehead atoms. The molecule has 0 aliphatic heterocycles. The normalized spacial score (nSPS) is 21.9. The van der Waals surface area contributed by atoms with Gasteiger partial charge in [0.25, 0.3) is 5.91 Å². The van der Waals surface area contributed by atoms with E-state index in [1.54, 1.807) is 25.2 Å². The van der Waals surface area contributed by atoms with Gasteiger partial charge in [0.15, 0.2) is 0 Å². The Kier molecular flexibility index (Phi) is 5.59. The third kappa shape index (κ3) is 4.45. The minimum absolute atomic E-state index is 0.00544. The number of amides is 1. The lowest BCUT2D eigenvalue weighted by atomic mass is 9.83. The van der Waals surface area contributed by atoms with Crippen molar-refractivity contribution in [2.24, 2.45) is 5.92 Å². The highest BCUT2D eigenvalue weighted by molar-refractivity contribution is 5.93. The molecule has 0 radical (unpaired) electrons. The topological polar surface area (TPSA) is 45.2 Å². The Morgan fingerprint density at radius 1 is 1.29 bits per heavy atom. The van der Waals surface area contributed by atoms with Crippen molar-refractivity contribution >= 4 is 11.7 Å². The molecule has 1 N–H and O–H groups in total. The van der Waals surface area contributed by atoms with Crippen LogP contribution in [0.15, 0.2) is 18.3 Å². The second-order valence-electron chi connectivity index (χ2n) is 6.28. The number of aromatic nitrogens is 1. The second-order valence-corrected chi connectivity index (χ2v) is 6.28.